The zero-order valence-corrected chi connectivity index (χ0v) is 13.8. The lowest BCUT2D eigenvalue weighted by Crippen LogP contribution is -2.44. The lowest BCUT2D eigenvalue weighted by Gasteiger charge is -2.23. The van der Waals surface area contributed by atoms with Crippen LogP contribution in [-0.2, 0) is 14.3 Å². The SMILES string of the molecule is CCCCNC(=O)C1C2C(=O)N(c3cc(C)on3)C[C@@]23C=C[C@H]1O3. The fraction of sp³-hybridized carbons (Fsp3) is 0.588. The van der Waals surface area contributed by atoms with E-state index in [1.54, 1.807) is 17.9 Å². The first-order valence-electron chi connectivity index (χ1n) is 8.45. The molecule has 2 saturated heterocycles. The third-order valence-corrected chi connectivity index (χ3v) is 5.12. The summed E-state index contributed by atoms with van der Waals surface area (Å²) < 4.78 is 11.1. The van der Waals surface area contributed by atoms with Crippen LogP contribution < -0.4 is 10.2 Å². The first-order chi connectivity index (χ1) is 11.6. The molecule has 7 heteroatoms. The van der Waals surface area contributed by atoms with Gasteiger partial charge in [0.1, 0.15) is 11.4 Å². The minimum atomic E-state index is -0.721. The van der Waals surface area contributed by atoms with Crippen molar-refractivity contribution >= 4 is 17.6 Å². The van der Waals surface area contributed by atoms with Crippen molar-refractivity contribution in [2.75, 3.05) is 18.0 Å². The Morgan fingerprint density at radius 2 is 2.38 bits per heavy atom. The molecule has 1 N–H and O–H groups in total. The third kappa shape index (κ3) is 2.11. The molecule has 2 fully saturated rings. The Labute approximate surface area is 140 Å². The Morgan fingerprint density at radius 3 is 3.08 bits per heavy atom. The van der Waals surface area contributed by atoms with Crippen molar-refractivity contribution in [1.29, 1.82) is 0 Å². The van der Waals surface area contributed by atoms with Crippen molar-refractivity contribution < 1.29 is 18.8 Å². The number of fused-ring (bicyclic) bond motifs is 1. The Morgan fingerprint density at radius 1 is 1.54 bits per heavy atom. The summed E-state index contributed by atoms with van der Waals surface area (Å²) >= 11 is 0. The van der Waals surface area contributed by atoms with Crippen LogP contribution in [0.5, 0.6) is 0 Å². The normalized spacial score (nSPS) is 33.3. The van der Waals surface area contributed by atoms with Gasteiger partial charge in [-0.05, 0) is 13.3 Å². The van der Waals surface area contributed by atoms with Crippen molar-refractivity contribution in [2.45, 2.75) is 38.4 Å². The van der Waals surface area contributed by atoms with Crippen LogP contribution in [-0.4, -0.2) is 41.8 Å². The molecule has 128 valence electrons. The fourth-order valence-corrected chi connectivity index (χ4v) is 3.98. The number of ether oxygens (including phenoxy) is 1. The van der Waals surface area contributed by atoms with Gasteiger partial charge in [0.15, 0.2) is 5.82 Å². The van der Waals surface area contributed by atoms with E-state index in [0.717, 1.165) is 12.8 Å². The molecule has 24 heavy (non-hydrogen) atoms. The number of nitrogens with one attached hydrogen (secondary N) is 1. The zero-order valence-electron chi connectivity index (χ0n) is 13.8. The molecule has 4 atom stereocenters. The predicted octanol–water partition coefficient (Wildman–Crippen LogP) is 1.19. The maximum absolute atomic E-state index is 13.0. The number of carbonyl (C=O) groups is 2. The number of hydrogen-bond donors (Lipinski definition) is 1. The van der Waals surface area contributed by atoms with Crippen LogP contribution in [0.2, 0.25) is 0 Å². The summed E-state index contributed by atoms with van der Waals surface area (Å²) in [5.74, 6) is -0.0701. The number of amides is 2. The van der Waals surface area contributed by atoms with Gasteiger partial charge in [-0.15, -0.1) is 0 Å². The molecule has 0 saturated carbocycles. The Balaban J connectivity index is 1.59. The summed E-state index contributed by atoms with van der Waals surface area (Å²) in [6.45, 7) is 4.85. The average Bonchev–Trinajstić information content (AvgIpc) is 3.28. The van der Waals surface area contributed by atoms with Gasteiger partial charge in [-0.2, -0.15) is 0 Å². The summed E-state index contributed by atoms with van der Waals surface area (Å²) in [4.78, 5) is 27.2. The van der Waals surface area contributed by atoms with Crippen molar-refractivity contribution in [3.05, 3.63) is 24.0 Å². The first kappa shape index (κ1) is 15.4. The molecule has 3 aliphatic rings. The maximum atomic E-state index is 13.0. The number of aromatic nitrogens is 1. The van der Waals surface area contributed by atoms with Gasteiger partial charge in [-0.25, -0.2) is 0 Å². The fourth-order valence-electron chi connectivity index (χ4n) is 3.98. The van der Waals surface area contributed by atoms with E-state index < -0.39 is 17.4 Å². The molecular weight excluding hydrogens is 310 g/mol. The highest BCUT2D eigenvalue weighted by Crippen LogP contribution is 2.52. The minimum Gasteiger partial charge on any atom is -0.360 e. The van der Waals surface area contributed by atoms with Crippen molar-refractivity contribution in [1.82, 2.24) is 10.5 Å². The molecule has 1 spiro atoms. The Kier molecular flexibility index (Phi) is 3.49. The van der Waals surface area contributed by atoms with Crippen LogP contribution >= 0.6 is 0 Å². The number of anilines is 1. The molecule has 1 aromatic rings. The second kappa shape index (κ2) is 5.44. The van der Waals surface area contributed by atoms with Gasteiger partial charge in [-0.1, -0.05) is 30.7 Å². The summed E-state index contributed by atoms with van der Waals surface area (Å²) in [5, 5.41) is 6.88. The van der Waals surface area contributed by atoms with Gasteiger partial charge in [0.25, 0.3) is 0 Å². The van der Waals surface area contributed by atoms with Crippen LogP contribution in [0.25, 0.3) is 0 Å². The second-order valence-electron chi connectivity index (χ2n) is 6.76. The molecule has 0 aromatic carbocycles. The van der Waals surface area contributed by atoms with Crippen LogP contribution in [0.3, 0.4) is 0 Å². The smallest absolute Gasteiger partial charge is 0.235 e. The van der Waals surface area contributed by atoms with Crippen LogP contribution in [0, 0.1) is 18.8 Å². The van der Waals surface area contributed by atoms with E-state index in [4.69, 9.17) is 9.26 Å². The van der Waals surface area contributed by atoms with E-state index in [2.05, 4.69) is 17.4 Å². The maximum Gasteiger partial charge on any atom is 0.235 e. The number of nitrogens with zero attached hydrogens (tertiary/aromatic N) is 2. The average molecular weight is 331 g/mol. The number of rotatable bonds is 5. The number of hydrogen-bond acceptors (Lipinski definition) is 5. The Hall–Kier alpha value is -2.15. The summed E-state index contributed by atoms with van der Waals surface area (Å²) in [6, 6.07) is 1.72. The molecule has 7 nitrogen and oxygen atoms in total. The molecule has 0 aliphatic carbocycles. The Bertz CT molecular complexity index is 712. The van der Waals surface area contributed by atoms with E-state index in [1.165, 1.54) is 0 Å². The monoisotopic (exact) mass is 331 g/mol. The third-order valence-electron chi connectivity index (χ3n) is 5.12. The molecule has 4 rings (SSSR count). The van der Waals surface area contributed by atoms with Crippen LogP contribution in [0.4, 0.5) is 5.82 Å². The number of unbranched alkanes of at least 4 members (excludes halogenated alkanes) is 1. The second-order valence-corrected chi connectivity index (χ2v) is 6.76. The van der Waals surface area contributed by atoms with Crippen molar-refractivity contribution in [3.8, 4) is 0 Å². The lowest BCUT2D eigenvalue weighted by atomic mass is 9.77. The summed E-state index contributed by atoms with van der Waals surface area (Å²) in [6.07, 6.45) is 5.46. The summed E-state index contributed by atoms with van der Waals surface area (Å²) in [5.41, 5.74) is -0.721. The van der Waals surface area contributed by atoms with Gasteiger partial charge in [0.2, 0.25) is 11.8 Å². The van der Waals surface area contributed by atoms with Gasteiger partial charge in [-0.3, -0.25) is 14.5 Å². The highest BCUT2D eigenvalue weighted by Gasteiger charge is 2.67. The van der Waals surface area contributed by atoms with Crippen LogP contribution in [0.15, 0.2) is 22.7 Å². The minimum absolute atomic E-state index is 0.101. The standard InChI is InChI=1S/C17H21N3O4/c1-3-4-7-18-15(21)13-11-5-6-17(23-11)9-20(16(22)14(13)17)12-8-10(2)24-19-12/h5-6,8,11,13-14H,3-4,7,9H2,1-2H3,(H,18,21)/t11-,13?,14?,17+/m1/s1. The quantitative estimate of drug-likeness (QED) is 0.647. The molecule has 1 aromatic heterocycles. The molecule has 4 heterocycles. The van der Waals surface area contributed by atoms with E-state index in [0.29, 0.717) is 24.7 Å². The molecule has 2 unspecified atom stereocenters. The predicted molar refractivity (Wildman–Crippen MR) is 85.2 cm³/mol. The highest BCUT2D eigenvalue weighted by atomic mass is 16.5. The lowest BCUT2D eigenvalue weighted by molar-refractivity contribution is -0.131. The molecule has 2 amide bonds. The van der Waals surface area contributed by atoms with Crippen molar-refractivity contribution in [3.63, 3.8) is 0 Å². The van der Waals surface area contributed by atoms with Crippen LogP contribution in [0.1, 0.15) is 25.5 Å². The molecule has 2 bridgehead atoms. The van der Waals surface area contributed by atoms with Gasteiger partial charge < -0.3 is 14.6 Å². The number of carbonyl (C=O) groups excluding carboxylic acids is 2. The topological polar surface area (TPSA) is 84.7 Å². The molecule has 0 radical (unpaired) electrons. The first-order valence-corrected chi connectivity index (χ1v) is 8.45. The van der Waals surface area contributed by atoms with E-state index in [9.17, 15) is 9.59 Å². The van der Waals surface area contributed by atoms with E-state index in [1.807, 2.05) is 12.2 Å². The van der Waals surface area contributed by atoms with Gasteiger partial charge in [0.05, 0.1) is 24.5 Å². The van der Waals surface area contributed by atoms with Gasteiger partial charge in [0, 0.05) is 12.6 Å². The molecular formula is C17H21N3O4. The van der Waals surface area contributed by atoms with E-state index >= 15 is 0 Å². The largest absolute Gasteiger partial charge is 0.360 e. The summed E-state index contributed by atoms with van der Waals surface area (Å²) in [7, 11) is 0. The van der Waals surface area contributed by atoms with Gasteiger partial charge >= 0.3 is 0 Å². The van der Waals surface area contributed by atoms with E-state index in [-0.39, 0.29) is 17.9 Å². The zero-order chi connectivity index (χ0) is 16.9. The number of aryl methyl sites for hydroxylation is 1. The molecule has 3 aliphatic heterocycles. The van der Waals surface area contributed by atoms with Crippen molar-refractivity contribution in [2.24, 2.45) is 11.8 Å². The highest BCUT2D eigenvalue weighted by molar-refractivity contribution is 6.02.